The summed E-state index contributed by atoms with van der Waals surface area (Å²) in [6.07, 6.45) is 0.272. The first-order chi connectivity index (χ1) is 19.7. The maximum Gasteiger partial charge on any atom is 0.457 e. The lowest BCUT2D eigenvalue weighted by Crippen LogP contribution is -2.56. The summed E-state index contributed by atoms with van der Waals surface area (Å²) in [7, 11) is -0.412. The fourth-order valence-corrected chi connectivity index (χ4v) is 5.38. The highest BCUT2D eigenvalue weighted by Crippen LogP contribution is 2.40. The maximum atomic E-state index is 13.6. The molecule has 3 N–H and O–H groups in total. The van der Waals surface area contributed by atoms with Gasteiger partial charge >= 0.3 is 25.3 Å². The number of alkyl carbamates (subject to hydrolysis) is 1. The number of nitrogens with zero attached hydrogens (tertiary/aromatic N) is 1. The first kappa shape index (κ1) is 37.7. The average Bonchev–Trinajstić information content (AvgIpc) is 3.25. The minimum atomic E-state index is -1.61. The van der Waals surface area contributed by atoms with Crippen LogP contribution in [-0.2, 0) is 28.4 Å². The highest BCUT2D eigenvalue weighted by molar-refractivity contribution is 6.45. The molecule has 2 fully saturated rings. The standard InChI is InChI=1S/C31H56BN3O9/c1-26(2,3)21(34-24(39)41-27(4,5)6)22(36)33-20-18-31(23(37)38,35(19-20)25(40)42-28(7,8)9)16-14-15-17-32-43-29(10,11)30(12,13)44-32/h20-21H,14-19H2,1-13H3,(H,33,36)(H,34,39)(H,37,38). The number of hydrogen-bond acceptors (Lipinski definition) is 8. The number of unbranched alkanes of at least 4 members (excludes halogenated alkanes) is 1. The van der Waals surface area contributed by atoms with E-state index in [-0.39, 0.29) is 19.4 Å². The molecule has 2 aliphatic heterocycles. The Balaban J connectivity index is 2.24. The molecular weight excluding hydrogens is 569 g/mol. The van der Waals surface area contributed by atoms with Gasteiger partial charge in [-0.05, 0) is 87.4 Å². The molecule has 2 heterocycles. The molecule has 3 unspecified atom stereocenters. The van der Waals surface area contributed by atoms with Crippen LogP contribution in [0.2, 0.25) is 6.32 Å². The molecule has 252 valence electrons. The third-order valence-corrected chi connectivity index (χ3v) is 8.23. The SMILES string of the molecule is CC(C)(C)OC(=O)NC(C(=O)NC1CN(C(=O)OC(C)(C)C)C(CCCCB2OC(C)(C)C(C)(C)O2)(C(=O)O)C1)C(C)(C)C. The smallest absolute Gasteiger partial charge is 0.457 e. The average molecular weight is 626 g/mol. The van der Waals surface area contributed by atoms with Crippen LogP contribution >= 0.6 is 0 Å². The molecule has 13 heteroatoms. The van der Waals surface area contributed by atoms with E-state index >= 15 is 0 Å². The summed E-state index contributed by atoms with van der Waals surface area (Å²) >= 11 is 0. The third-order valence-electron chi connectivity index (χ3n) is 8.23. The molecule has 44 heavy (non-hydrogen) atoms. The molecule has 0 saturated carbocycles. The van der Waals surface area contributed by atoms with Crippen LogP contribution in [0.1, 0.15) is 116 Å². The van der Waals surface area contributed by atoms with Gasteiger partial charge in [-0.3, -0.25) is 9.69 Å². The molecule has 0 aromatic rings. The van der Waals surface area contributed by atoms with Gasteiger partial charge in [-0.2, -0.15) is 0 Å². The Bertz CT molecular complexity index is 1060. The van der Waals surface area contributed by atoms with Gasteiger partial charge in [-0.15, -0.1) is 0 Å². The fourth-order valence-electron chi connectivity index (χ4n) is 5.38. The second-order valence-corrected chi connectivity index (χ2v) is 16.2. The Morgan fingerprint density at radius 3 is 1.89 bits per heavy atom. The first-order valence-corrected chi connectivity index (χ1v) is 15.6. The Morgan fingerprint density at radius 2 is 1.43 bits per heavy atom. The van der Waals surface area contributed by atoms with Crippen LogP contribution in [0.15, 0.2) is 0 Å². The van der Waals surface area contributed by atoms with Gasteiger partial charge in [0.25, 0.3) is 0 Å². The van der Waals surface area contributed by atoms with Crippen molar-refractivity contribution in [1.29, 1.82) is 0 Å². The lowest BCUT2D eigenvalue weighted by molar-refractivity contribution is -0.150. The number of carbonyl (C=O) groups is 4. The molecule has 12 nitrogen and oxygen atoms in total. The molecule has 2 saturated heterocycles. The molecule has 0 aromatic carbocycles. The molecular formula is C31H56BN3O9. The lowest BCUT2D eigenvalue weighted by atomic mass is 9.80. The predicted molar refractivity (Wildman–Crippen MR) is 167 cm³/mol. The van der Waals surface area contributed by atoms with Gasteiger partial charge in [0.05, 0.1) is 11.2 Å². The number of hydrogen-bond donors (Lipinski definition) is 3. The highest BCUT2D eigenvalue weighted by atomic mass is 16.7. The maximum absolute atomic E-state index is 13.6. The minimum absolute atomic E-state index is 0.0207. The van der Waals surface area contributed by atoms with Gasteiger partial charge in [-0.1, -0.05) is 33.6 Å². The van der Waals surface area contributed by atoms with Crippen molar-refractivity contribution in [1.82, 2.24) is 15.5 Å². The van der Waals surface area contributed by atoms with Crippen LogP contribution in [0.5, 0.6) is 0 Å². The molecule has 0 aromatic heterocycles. The Kier molecular flexibility index (Phi) is 11.2. The summed E-state index contributed by atoms with van der Waals surface area (Å²) in [5.74, 6) is -1.67. The minimum Gasteiger partial charge on any atom is -0.479 e. The van der Waals surface area contributed by atoms with Gasteiger partial charge < -0.3 is 34.5 Å². The molecule has 0 spiro atoms. The molecule has 2 rings (SSSR count). The van der Waals surface area contributed by atoms with Crippen molar-refractivity contribution >= 4 is 31.2 Å². The highest BCUT2D eigenvalue weighted by Gasteiger charge is 2.55. The topological polar surface area (TPSA) is 153 Å². The van der Waals surface area contributed by atoms with E-state index in [4.69, 9.17) is 18.8 Å². The number of carbonyl (C=O) groups excluding carboxylic acids is 3. The van der Waals surface area contributed by atoms with E-state index in [0.717, 1.165) is 0 Å². The number of aliphatic carboxylic acids is 1. The molecule has 0 bridgehead atoms. The second-order valence-electron chi connectivity index (χ2n) is 16.2. The summed E-state index contributed by atoms with van der Waals surface area (Å²) in [4.78, 5) is 53.7. The van der Waals surface area contributed by atoms with Gasteiger partial charge in [-0.25, -0.2) is 14.4 Å². The van der Waals surface area contributed by atoms with E-state index in [1.54, 1.807) is 62.3 Å². The summed E-state index contributed by atoms with van der Waals surface area (Å²) in [5, 5.41) is 16.1. The zero-order valence-corrected chi connectivity index (χ0v) is 29.1. The third kappa shape index (κ3) is 9.73. The van der Waals surface area contributed by atoms with Crippen molar-refractivity contribution < 1.29 is 43.1 Å². The summed E-state index contributed by atoms with van der Waals surface area (Å²) in [6, 6.07) is -1.67. The van der Waals surface area contributed by atoms with Gasteiger partial charge in [0.1, 0.15) is 22.8 Å². The van der Waals surface area contributed by atoms with Gasteiger partial charge in [0, 0.05) is 19.0 Å². The van der Waals surface area contributed by atoms with E-state index in [1.807, 2.05) is 27.7 Å². The predicted octanol–water partition coefficient (Wildman–Crippen LogP) is 5.14. The molecule has 0 radical (unpaired) electrons. The number of likely N-dealkylation sites (tertiary alicyclic amines) is 1. The number of carboxylic acid groups (broad SMARTS) is 1. The number of ether oxygens (including phenoxy) is 2. The summed E-state index contributed by atoms with van der Waals surface area (Å²) in [5.41, 5.74) is -4.84. The van der Waals surface area contributed by atoms with Gasteiger partial charge in [0.2, 0.25) is 5.91 Å². The second kappa shape index (κ2) is 13.1. The zero-order chi connectivity index (χ0) is 34.1. The van der Waals surface area contributed by atoms with E-state index in [2.05, 4.69) is 10.6 Å². The number of carboxylic acids is 1. The van der Waals surface area contributed by atoms with Crippen LogP contribution in [0.25, 0.3) is 0 Å². The molecule has 3 amide bonds. The Morgan fingerprint density at radius 1 is 0.909 bits per heavy atom. The van der Waals surface area contributed by atoms with Crippen LogP contribution in [0.4, 0.5) is 9.59 Å². The van der Waals surface area contributed by atoms with E-state index in [1.165, 1.54) is 4.90 Å². The van der Waals surface area contributed by atoms with Crippen LogP contribution in [0, 0.1) is 5.41 Å². The van der Waals surface area contributed by atoms with Gasteiger partial charge in [0.15, 0.2) is 0 Å². The first-order valence-electron chi connectivity index (χ1n) is 15.6. The molecule has 3 atom stereocenters. The van der Waals surface area contributed by atoms with E-state index in [0.29, 0.717) is 19.2 Å². The largest absolute Gasteiger partial charge is 0.479 e. The number of rotatable bonds is 9. The van der Waals surface area contributed by atoms with E-state index < -0.39 is 76.6 Å². The summed E-state index contributed by atoms with van der Waals surface area (Å²) < 4.78 is 23.1. The van der Waals surface area contributed by atoms with Crippen molar-refractivity contribution in [3.05, 3.63) is 0 Å². The number of amides is 3. The van der Waals surface area contributed by atoms with Crippen molar-refractivity contribution in [2.75, 3.05) is 6.54 Å². The normalized spacial score (nSPS) is 24.1. The monoisotopic (exact) mass is 625 g/mol. The van der Waals surface area contributed by atoms with Crippen molar-refractivity contribution in [3.8, 4) is 0 Å². The Hall–Kier alpha value is -2.54. The zero-order valence-electron chi connectivity index (χ0n) is 29.1. The van der Waals surface area contributed by atoms with Crippen molar-refractivity contribution in [2.24, 2.45) is 5.41 Å². The molecule has 0 aliphatic carbocycles. The van der Waals surface area contributed by atoms with Crippen molar-refractivity contribution in [3.63, 3.8) is 0 Å². The van der Waals surface area contributed by atoms with E-state index in [9.17, 15) is 24.3 Å². The fraction of sp³-hybridized carbons (Fsp3) is 0.871. The lowest BCUT2D eigenvalue weighted by Gasteiger charge is -2.35. The quantitative estimate of drug-likeness (QED) is 0.234. The van der Waals surface area contributed by atoms with Crippen LogP contribution in [-0.4, -0.2) is 87.8 Å². The number of nitrogens with one attached hydrogen (secondary N) is 2. The molecule has 2 aliphatic rings. The van der Waals surface area contributed by atoms with Crippen LogP contribution in [0.3, 0.4) is 0 Å². The van der Waals surface area contributed by atoms with Crippen molar-refractivity contribution in [2.45, 2.75) is 162 Å². The Labute approximate surface area is 263 Å². The summed E-state index contributed by atoms with van der Waals surface area (Å²) in [6.45, 7) is 23.6. The van der Waals surface area contributed by atoms with Crippen LogP contribution < -0.4 is 10.6 Å².